The van der Waals surface area contributed by atoms with Gasteiger partial charge in [-0.2, -0.15) is 5.10 Å². The van der Waals surface area contributed by atoms with E-state index < -0.39 is 17.7 Å². The number of rotatable bonds is 6. The number of aromatic nitrogens is 4. The van der Waals surface area contributed by atoms with Crippen molar-refractivity contribution in [2.24, 2.45) is 7.05 Å². The van der Waals surface area contributed by atoms with Crippen LogP contribution in [0.5, 0.6) is 0 Å². The van der Waals surface area contributed by atoms with Crippen molar-refractivity contribution < 1.29 is 14.6 Å². The molecule has 194 valence electrons. The van der Waals surface area contributed by atoms with Gasteiger partial charge in [0, 0.05) is 46.7 Å². The molecule has 0 saturated carbocycles. The minimum Gasteiger partial charge on any atom is -0.479 e. The van der Waals surface area contributed by atoms with E-state index >= 15 is 0 Å². The van der Waals surface area contributed by atoms with Crippen molar-refractivity contribution in [1.29, 1.82) is 0 Å². The van der Waals surface area contributed by atoms with Crippen LogP contribution in [0.1, 0.15) is 38.0 Å². The Morgan fingerprint density at radius 3 is 2.47 bits per heavy atom. The number of thiazole rings is 1. The number of carboxylic acid groups (broad SMARTS) is 1. The minimum absolute atomic E-state index is 0.602. The van der Waals surface area contributed by atoms with E-state index in [2.05, 4.69) is 10.1 Å². The number of pyridine rings is 1. The Morgan fingerprint density at radius 1 is 1.11 bits per heavy atom. The molecule has 0 aliphatic carbocycles. The van der Waals surface area contributed by atoms with Gasteiger partial charge in [0.1, 0.15) is 5.01 Å². The van der Waals surface area contributed by atoms with Gasteiger partial charge in [-0.1, -0.05) is 23.7 Å². The molecule has 0 bridgehead atoms. The number of carbonyl (C=O) groups is 1. The first-order valence-corrected chi connectivity index (χ1v) is 13.3. The van der Waals surface area contributed by atoms with E-state index in [1.54, 1.807) is 29.2 Å². The van der Waals surface area contributed by atoms with E-state index in [9.17, 15) is 9.90 Å². The molecule has 7 nitrogen and oxygen atoms in total. The van der Waals surface area contributed by atoms with Gasteiger partial charge in [-0.3, -0.25) is 9.67 Å². The zero-order chi connectivity index (χ0) is 27.2. The number of fused-ring (bicyclic) bond motifs is 1. The van der Waals surface area contributed by atoms with Crippen molar-refractivity contribution in [2.75, 3.05) is 0 Å². The van der Waals surface area contributed by atoms with Crippen LogP contribution in [-0.2, 0) is 16.6 Å². The number of aliphatic carboxylic acids is 1. The highest BCUT2D eigenvalue weighted by molar-refractivity contribution is 7.22. The summed E-state index contributed by atoms with van der Waals surface area (Å²) in [6.07, 6.45) is 4.30. The van der Waals surface area contributed by atoms with Crippen molar-refractivity contribution in [3.05, 3.63) is 77.2 Å². The van der Waals surface area contributed by atoms with Gasteiger partial charge < -0.3 is 9.84 Å². The average molecular weight is 547 g/mol. The second-order valence-electron chi connectivity index (χ2n) is 10.1. The summed E-state index contributed by atoms with van der Waals surface area (Å²) in [7, 11) is 1.87. The second-order valence-corrected chi connectivity index (χ2v) is 11.6. The van der Waals surface area contributed by atoms with Crippen LogP contribution in [0.15, 0.2) is 61.1 Å². The normalized spacial score (nSPS) is 12.7. The first-order valence-electron chi connectivity index (χ1n) is 12.1. The topological polar surface area (TPSA) is 90.1 Å². The largest absolute Gasteiger partial charge is 0.479 e. The number of carboxylic acids is 1. The Labute approximate surface area is 229 Å². The fourth-order valence-corrected chi connectivity index (χ4v) is 5.68. The van der Waals surface area contributed by atoms with Crippen molar-refractivity contribution in [2.45, 2.75) is 39.4 Å². The molecule has 38 heavy (non-hydrogen) atoms. The SMILES string of the molecule is Cc1cc2nc(-c3ccnc(-c4cnn(C)c4)c3)sc2c(-c2ccc(Cl)cc2)c1[C@H](OC(C)(C)C)C(=O)O. The Hall–Kier alpha value is -3.59. The van der Waals surface area contributed by atoms with E-state index in [0.717, 1.165) is 48.7 Å². The molecular formula is C29H27ClN4O3S. The quantitative estimate of drug-likeness (QED) is 0.240. The third-order valence-corrected chi connectivity index (χ3v) is 7.42. The zero-order valence-electron chi connectivity index (χ0n) is 21.7. The van der Waals surface area contributed by atoms with E-state index in [1.807, 2.05) is 71.3 Å². The highest BCUT2D eigenvalue weighted by Crippen LogP contribution is 2.44. The molecule has 3 heterocycles. The molecule has 1 atom stereocenters. The summed E-state index contributed by atoms with van der Waals surface area (Å²) in [5, 5.41) is 15.9. The molecule has 5 aromatic rings. The van der Waals surface area contributed by atoms with Gasteiger partial charge in [-0.25, -0.2) is 9.78 Å². The number of hydrogen-bond donors (Lipinski definition) is 1. The number of aryl methyl sites for hydroxylation is 2. The molecule has 0 unspecified atom stereocenters. The van der Waals surface area contributed by atoms with Crippen LogP contribution < -0.4 is 0 Å². The highest BCUT2D eigenvalue weighted by atomic mass is 35.5. The molecule has 5 rings (SSSR count). The van der Waals surface area contributed by atoms with Gasteiger partial charge in [0.25, 0.3) is 0 Å². The monoisotopic (exact) mass is 546 g/mol. The van der Waals surface area contributed by atoms with Crippen LogP contribution in [0, 0.1) is 6.92 Å². The van der Waals surface area contributed by atoms with Gasteiger partial charge in [-0.05, 0) is 69.2 Å². The van der Waals surface area contributed by atoms with Crippen LogP contribution in [0.2, 0.25) is 5.02 Å². The molecule has 2 aromatic carbocycles. The van der Waals surface area contributed by atoms with E-state index in [4.69, 9.17) is 21.3 Å². The Morgan fingerprint density at radius 2 is 1.84 bits per heavy atom. The van der Waals surface area contributed by atoms with Crippen molar-refractivity contribution in [3.63, 3.8) is 0 Å². The summed E-state index contributed by atoms with van der Waals surface area (Å²) in [5.74, 6) is -1.04. The third kappa shape index (κ3) is 5.20. The number of ether oxygens (including phenoxy) is 1. The lowest BCUT2D eigenvalue weighted by atomic mass is 9.91. The van der Waals surface area contributed by atoms with E-state index in [1.165, 1.54) is 11.3 Å². The van der Waals surface area contributed by atoms with E-state index in [0.29, 0.717) is 10.6 Å². The Bertz CT molecular complexity index is 1650. The molecule has 0 aliphatic heterocycles. The smallest absolute Gasteiger partial charge is 0.337 e. The van der Waals surface area contributed by atoms with Gasteiger partial charge in [0.15, 0.2) is 6.10 Å². The maximum atomic E-state index is 12.5. The summed E-state index contributed by atoms with van der Waals surface area (Å²) >= 11 is 7.71. The van der Waals surface area contributed by atoms with Gasteiger partial charge in [0.05, 0.1) is 27.7 Å². The Kier molecular flexibility index (Phi) is 6.81. The van der Waals surface area contributed by atoms with Gasteiger partial charge in [0.2, 0.25) is 0 Å². The summed E-state index contributed by atoms with van der Waals surface area (Å²) in [6, 6.07) is 13.3. The van der Waals surface area contributed by atoms with Crippen LogP contribution in [-0.4, -0.2) is 36.4 Å². The number of hydrogen-bond acceptors (Lipinski definition) is 6. The second kappa shape index (κ2) is 9.94. The van der Waals surface area contributed by atoms with Crippen LogP contribution in [0.3, 0.4) is 0 Å². The molecular weight excluding hydrogens is 520 g/mol. The first kappa shape index (κ1) is 26.0. The number of nitrogens with zero attached hydrogens (tertiary/aromatic N) is 4. The molecule has 0 radical (unpaired) electrons. The van der Waals surface area contributed by atoms with Crippen molar-refractivity contribution >= 4 is 39.1 Å². The fourth-order valence-electron chi connectivity index (χ4n) is 4.44. The average Bonchev–Trinajstić information content (AvgIpc) is 3.48. The predicted octanol–water partition coefficient (Wildman–Crippen LogP) is 7.33. The summed E-state index contributed by atoms with van der Waals surface area (Å²) in [6.45, 7) is 7.47. The molecule has 0 saturated heterocycles. The summed E-state index contributed by atoms with van der Waals surface area (Å²) in [4.78, 5) is 22.0. The molecule has 0 fully saturated rings. The zero-order valence-corrected chi connectivity index (χ0v) is 23.3. The number of halogens is 1. The lowest BCUT2D eigenvalue weighted by molar-refractivity contribution is -0.160. The summed E-state index contributed by atoms with van der Waals surface area (Å²) < 4.78 is 8.72. The molecule has 1 N–H and O–H groups in total. The van der Waals surface area contributed by atoms with Gasteiger partial charge in [-0.15, -0.1) is 11.3 Å². The number of benzene rings is 2. The molecule has 0 spiro atoms. The summed E-state index contributed by atoms with van der Waals surface area (Å²) in [5.41, 5.74) is 5.80. The van der Waals surface area contributed by atoms with Crippen molar-refractivity contribution in [1.82, 2.24) is 19.7 Å². The fraction of sp³-hybridized carbons (Fsp3) is 0.241. The lowest BCUT2D eigenvalue weighted by Crippen LogP contribution is -2.28. The third-order valence-electron chi connectivity index (χ3n) is 6.03. The first-order chi connectivity index (χ1) is 18.0. The van der Waals surface area contributed by atoms with Crippen LogP contribution in [0.25, 0.3) is 43.2 Å². The maximum absolute atomic E-state index is 12.5. The molecule has 0 amide bonds. The van der Waals surface area contributed by atoms with Crippen LogP contribution in [0.4, 0.5) is 0 Å². The maximum Gasteiger partial charge on any atom is 0.337 e. The van der Waals surface area contributed by atoms with Gasteiger partial charge >= 0.3 is 5.97 Å². The Balaban J connectivity index is 1.74. The molecule has 0 aliphatic rings. The predicted molar refractivity (Wildman–Crippen MR) is 151 cm³/mol. The lowest BCUT2D eigenvalue weighted by Gasteiger charge is -2.28. The molecule has 3 aromatic heterocycles. The minimum atomic E-state index is -1.16. The standard InChI is InChI=1S/C29H27ClN4O3S/c1-16-12-22-26(38-27(33-22)18-10-11-31-21(13-18)19-14-32-34(5)15-19)24(17-6-8-20(30)9-7-17)23(16)25(28(35)36)37-29(2,3)4/h6-15,25H,1-5H3,(H,35,36)/t25-/m0/s1. The van der Waals surface area contributed by atoms with Crippen LogP contribution >= 0.6 is 22.9 Å². The molecule has 9 heteroatoms. The highest BCUT2D eigenvalue weighted by Gasteiger charge is 2.32. The van der Waals surface area contributed by atoms with Crippen molar-refractivity contribution in [3.8, 4) is 33.0 Å². The van der Waals surface area contributed by atoms with E-state index in [-0.39, 0.29) is 0 Å².